The summed E-state index contributed by atoms with van der Waals surface area (Å²) in [6.45, 7) is 2.15. The summed E-state index contributed by atoms with van der Waals surface area (Å²) >= 11 is 0. The first-order chi connectivity index (χ1) is 8.20. The number of ketones is 1. The van der Waals surface area contributed by atoms with Crippen LogP contribution in [0.4, 0.5) is 0 Å². The van der Waals surface area contributed by atoms with Gasteiger partial charge in [0, 0.05) is 17.5 Å². The third-order valence-corrected chi connectivity index (χ3v) is 3.20. The minimum Gasteiger partial charge on any atom is -0.324 e. The SMILES string of the molecule is CCCc1cccc(C(=O)C2C=CC(N)C2)c1. The van der Waals surface area contributed by atoms with Crippen LogP contribution in [0.2, 0.25) is 0 Å². The molecule has 0 bridgehead atoms. The summed E-state index contributed by atoms with van der Waals surface area (Å²) in [5, 5.41) is 0. The van der Waals surface area contributed by atoms with Gasteiger partial charge < -0.3 is 5.73 Å². The average Bonchev–Trinajstić information content (AvgIpc) is 2.76. The standard InChI is InChI=1S/C15H19NO/c1-2-4-11-5-3-6-12(9-11)15(17)13-7-8-14(16)10-13/h3,5-9,13-14H,2,4,10,16H2,1H3. The molecule has 0 saturated carbocycles. The third kappa shape index (κ3) is 2.83. The molecule has 0 aliphatic heterocycles. The van der Waals surface area contributed by atoms with Crippen molar-refractivity contribution in [1.82, 2.24) is 0 Å². The van der Waals surface area contributed by atoms with E-state index in [0.29, 0.717) is 0 Å². The van der Waals surface area contributed by atoms with Crippen LogP contribution in [0.15, 0.2) is 36.4 Å². The van der Waals surface area contributed by atoms with Crippen molar-refractivity contribution in [2.24, 2.45) is 11.7 Å². The molecule has 1 aliphatic carbocycles. The number of Topliss-reactive ketones (excluding diaryl/α,β-unsaturated/α-hetero) is 1. The topological polar surface area (TPSA) is 43.1 Å². The molecule has 0 radical (unpaired) electrons. The van der Waals surface area contributed by atoms with Crippen molar-refractivity contribution in [2.45, 2.75) is 32.2 Å². The molecule has 2 nitrogen and oxygen atoms in total. The molecule has 17 heavy (non-hydrogen) atoms. The van der Waals surface area contributed by atoms with Crippen molar-refractivity contribution < 1.29 is 4.79 Å². The monoisotopic (exact) mass is 229 g/mol. The number of carbonyl (C=O) groups excluding carboxylic acids is 1. The maximum atomic E-state index is 12.2. The minimum atomic E-state index is -0.0260. The molecule has 0 saturated heterocycles. The smallest absolute Gasteiger partial charge is 0.169 e. The molecule has 90 valence electrons. The number of hydrogen-bond donors (Lipinski definition) is 1. The Hall–Kier alpha value is -1.41. The van der Waals surface area contributed by atoms with Gasteiger partial charge in [-0.1, -0.05) is 43.7 Å². The van der Waals surface area contributed by atoms with Crippen LogP contribution in [0, 0.1) is 5.92 Å². The second kappa shape index (κ2) is 5.28. The Labute approximate surface area is 103 Å². The van der Waals surface area contributed by atoms with Gasteiger partial charge in [0.15, 0.2) is 5.78 Å². The van der Waals surface area contributed by atoms with Gasteiger partial charge in [0.1, 0.15) is 0 Å². The molecule has 2 N–H and O–H groups in total. The minimum absolute atomic E-state index is 0.0260. The fraction of sp³-hybridized carbons (Fsp3) is 0.400. The van der Waals surface area contributed by atoms with Crippen LogP contribution >= 0.6 is 0 Å². The highest BCUT2D eigenvalue weighted by atomic mass is 16.1. The predicted molar refractivity (Wildman–Crippen MR) is 70.0 cm³/mol. The lowest BCUT2D eigenvalue weighted by atomic mass is 9.95. The summed E-state index contributed by atoms with van der Waals surface area (Å²) < 4.78 is 0. The highest BCUT2D eigenvalue weighted by molar-refractivity contribution is 5.99. The molecule has 0 heterocycles. The van der Waals surface area contributed by atoms with Crippen molar-refractivity contribution in [3.63, 3.8) is 0 Å². The first kappa shape index (κ1) is 12.1. The molecule has 0 amide bonds. The Morgan fingerprint density at radius 3 is 2.88 bits per heavy atom. The lowest BCUT2D eigenvalue weighted by Crippen LogP contribution is -2.19. The van der Waals surface area contributed by atoms with E-state index in [4.69, 9.17) is 5.73 Å². The summed E-state index contributed by atoms with van der Waals surface area (Å²) in [7, 11) is 0. The van der Waals surface area contributed by atoms with E-state index in [2.05, 4.69) is 13.0 Å². The molecule has 0 fully saturated rings. The van der Waals surface area contributed by atoms with E-state index >= 15 is 0 Å². The maximum absolute atomic E-state index is 12.2. The van der Waals surface area contributed by atoms with E-state index in [9.17, 15) is 4.79 Å². The van der Waals surface area contributed by atoms with Gasteiger partial charge in [0.05, 0.1) is 0 Å². The van der Waals surface area contributed by atoms with Crippen LogP contribution < -0.4 is 5.73 Å². The van der Waals surface area contributed by atoms with Crippen molar-refractivity contribution in [3.8, 4) is 0 Å². The second-order valence-electron chi connectivity index (χ2n) is 4.71. The molecule has 0 aromatic heterocycles. The maximum Gasteiger partial charge on any atom is 0.169 e. The van der Waals surface area contributed by atoms with Gasteiger partial charge >= 0.3 is 0 Å². The fourth-order valence-corrected chi connectivity index (χ4v) is 2.30. The second-order valence-corrected chi connectivity index (χ2v) is 4.71. The summed E-state index contributed by atoms with van der Waals surface area (Å²) in [5.41, 5.74) is 7.84. The van der Waals surface area contributed by atoms with Crippen molar-refractivity contribution in [1.29, 1.82) is 0 Å². The molecule has 1 aromatic carbocycles. The molecule has 2 heteroatoms. The largest absolute Gasteiger partial charge is 0.324 e. The number of aryl methyl sites for hydroxylation is 1. The number of nitrogens with two attached hydrogens (primary N) is 1. The fourth-order valence-electron chi connectivity index (χ4n) is 2.30. The van der Waals surface area contributed by atoms with E-state index in [0.717, 1.165) is 24.8 Å². The van der Waals surface area contributed by atoms with E-state index in [-0.39, 0.29) is 17.7 Å². The van der Waals surface area contributed by atoms with Crippen LogP contribution in [0.25, 0.3) is 0 Å². The highest BCUT2D eigenvalue weighted by Crippen LogP contribution is 2.22. The van der Waals surface area contributed by atoms with E-state index in [1.54, 1.807) is 0 Å². The van der Waals surface area contributed by atoms with Crippen LogP contribution in [0.1, 0.15) is 35.7 Å². The van der Waals surface area contributed by atoms with Crippen molar-refractivity contribution in [2.75, 3.05) is 0 Å². The Morgan fingerprint density at radius 2 is 2.24 bits per heavy atom. The van der Waals surface area contributed by atoms with Gasteiger partial charge in [-0.2, -0.15) is 0 Å². The molecular formula is C15H19NO. The lowest BCUT2D eigenvalue weighted by Gasteiger charge is -2.09. The number of allylic oxidation sites excluding steroid dienone is 1. The average molecular weight is 229 g/mol. The molecule has 2 atom stereocenters. The van der Waals surface area contributed by atoms with Crippen molar-refractivity contribution in [3.05, 3.63) is 47.5 Å². The molecule has 0 spiro atoms. The van der Waals surface area contributed by atoms with Crippen LogP contribution in [-0.4, -0.2) is 11.8 Å². The molecule has 1 aromatic rings. The summed E-state index contributed by atoms with van der Waals surface area (Å²) in [6.07, 6.45) is 6.75. The number of rotatable bonds is 4. The van der Waals surface area contributed by atoms with E-state index in [1.165, 1.54) is 5.56 Å². The van der Waals surface area contributed by atoms with Gasteiger partial charge in [-0.25, -0.2) is 0 Å². The van der Waals surface area contributed by atoms with Crippen LogP contribution in [-0.2, 0) is 6.42 Å². The van der Waals surface area contributed by atoms with Crippen LogP contribution in [0.5, 0.6) is 0 Å². The van der Waals surface area contributed by atoms with Gasteiger partial charge in [0.25, 0.3) is 0 Å². The number of benzene rings is 1. The Bertz CT molecular complexity index is 436. The summed E-state index contributed by atoms with van der Waals surface area (Å²) in [6, 6.07) is 8.01. The Kier molecular flexibility index (Phi) is 3.75. The quantitative estimate of drug-likeness (QED) is 0.637. The zero-order valence-corrected chi connectivity index (χ0v) is 10.2. The number of carbonyl (C=O) groups is 1. The first-order valence-corrected chi connectivity index (χ1v) is 6.27. The van der Waals surface area contributed by atoms with Crippen molar-refractivity contribution >= 4 is 5.78 Å². The Morgan fingerprint density at radius 1 is 1.41 bits per heavy atom. The van der Waals surface area contributed by atoms with Crippen LogP contribution in [0.3, 0.4) is 0 Å². The van der Waals surface area contributed by atoms with Gasteiger partial charge in [-0.05, 0) is 24.5 Å². The third-order valence-electron chi connectivity index (χ3n) is 3.20. The number of hydrogen-bond acceptors (Lipinski definition) is 2. The first-order valence-electron chi connectivity index (χ1n) is 6.27. The highest BCUT2D eigenvalue weighted by Gasteiger charge is 2.23. The van der Waals surface area contributed by atoms with E-state index < -0.39 is 0 Å². The Balaban J connectivity index is 2.14. The molecule has 2 unspecified atom stereocenters. The summed E-state index contributed by atoms with van der Waals surface area (Å²) in [5.74, 6) is 0.175. The van der Waals surface area contributed by atoms with Gasteiger partial charge in [0.2, 0.25) is 0 Å². The van der Waals surface area contributed by atoms with Gasteiger partial charge in [-0.3, -0.25) is 4.79 Å². The van der Waals surface area contributed by atoms with E-state index in [1.807, 2.05) is 30.4 Å². The summed E-state index contributed by atoms with van der Waals surface area (Å²) in [4.78, 5) is 12.2. The zero-order valence-electron chi connectivity index (χ0n) is 10.2. The lowest BCUT2D eigenvalue weighted by molar-refractivity contribution is 0.0943. The molecular weight excluding hydrogens is 210 g/mol. The normalized spacial score (nSPS) is 22.9. The van der Waals surface area contributed by atoms with Gasteiger partial charge in [-0.15, -0.1) is 0 Å². The molecule has 2 rings (SSSR count). The molecule has 1 aliphatic rings. The zero-order chi connectivity index (χ0) is 12.3. The predicted octanol–water partition coefficient (Wildman–Crippen LogP) is 2.73.